The van der Waals surface area contributed by atoms with Crippen LogP contribution in [-0.2, 0) is 9.53 Å². The van der Waals surface area contributed by atoms with Crippen molar-refractivity contribution in [2.75, 3.05) is 20.3 Å². The second-order valence-corrected chi connectivity index (χ2v) is 6.29. The minimum Gasteiger partial charge on any atom is -0.385 e. The first-order valence-electron chi connectivity index (χ1n) is 8.34. The minimum absolute atomic E-state index is 0.0494. The fourth-order valence-electron chi connectivity index (χ4n) is 3.58. The van der Waals surface area contributed by atoms with Crippen LogP contribution in [0.15, 0.2) is 0 Å². The van der Waals surface area contributed by atoms with Gasteiger partial charge in [-0.05, 0) is 50.9 Å². The summed E-state index contributed by atoms with van der Waals surface area (Å²) in [7, 11) is 1.73. The highest BCUT2D eigenvalue weighted by atomic mass is 16.5. The number of piperidine rings is 1. The largest absolute Gasteiger partial charge is 0.385 e. The number of carbonyl (C=O) groups excluding carboxylic acids is 1. The Labute approximate surface area is 123 Å². The molecule has 4 nitrogen and oxygen atoms in total. The van der Waals surface area contributed by atoms with Gasteiger partial charge >= 0.3 is 0 Å². The Hall–Kier alpha value is -0.610. The van der Waals surface area contributed by atoms with Crippen molar-refractivity contribution in [1.82, 2.24) is 10.6 Å². The summed E-state index contributed by atoms with van der Waals surface area (Å²) in [4.78, 5) is 12.2. The standard InChI is InChI=1S/C16H30N2O2/c1-20-12-6-2-5-11-17-16(19)15-10-9-13-7-3-4-8-14(13)18-15/h13-15,18H,2-12H2,1H3,(H,17,19). The summed E-state index contributed by atoms with van der Waals surface area (Å²) in [5.41, 5.74) is 0. The Balaban J connectivity index is 1.60. The first-order chi connectivity index (χ1) is 9.81. The number of methoxy groups -OCH3 is 1. The summed E-state index contributed by atoms with van der Waals surface area (Å²) in [6.07, 6.45) is 10.8. The highest BCUT2D eigenvalue weighted by Crippen LogP contribution is 2.32. The third kappa shape index (κ3) is 4.74. The molecule has 1 heterocycles. The van der Waals surface area contributed by atoms with Gasteiger partial charge in [-0.2, -0.15) is 0 Å². The maximum Gasteiger partial charge on any atom is 0.237 e. The van der Waals surface area contributed by atoms with E-state index in [4.69, 9.17) is 4.74 Å². The molecule has 2 rings (SSSR count). The molecule has 0 radical (unpaired) electrons. The number of hydrogen-bond acceptors (Lipinski definition) is 3. The number of rotatable bonds is 7. The molecule has 0 bridgehead atoms. The van der Waals surface area contributed by atoms with Gasteiger partial charge in [-0.3, -0.25) is 4.79 Å². The van der Waals surface area contributed by atoms with Crippen molar-refractivity contribution in [3.05, 3.63) is 0 Å². The lowest BCUT2D eigenvalue weighted by molar-refractivity contribution is -0.124. The van der Waals surface area contributed by atoms with Gasteiger partial charge in [-0.1, -0.05) is 12.8 Å². The van der Waals surface area contributed by atoms with Crippen molar-refractivity contribution in [2.24, 2.45) is 5.92 Å². The molecule has 1 saturated carbocycles. The van der Waals surface area contributed by atoms with Crippen LogP contribution >= 0.6 is 0 Å². The molecular formula is C16H30N2O2. The predicted octanol–water partition coefficient (Wildman–Crippen LogP) is 2.23. The van der Waals surface area contributed by atoms with E-state index in [0.717, 1.165) is 44.8 Å². The molecule has 1 amide bonds. The summed E-state index contributed by atoms with van der Waals surface area (Å²) in [6, 6.07) is 0.642. The maximum atomic E-state index is 12.2. The van der Waals surface area contributed by atoms with Gasteiger partial charge in [-0.15, -0.1) is 0 Å². The quantitative estimate of drug-likeness (QED) is 0.704. The van der Waals surface area contributed by atoms with E-state index in [2.05, 4.69) is 10.6 Å². The van der Waals surface area contributed by atoms with E-state index in [0.29, 0.717) is 6.04 Å². The monoisotopic (exact) mass is 282 g/mol. The van der Waals surface area contributed by atoms with E-state index in [1.165, 1.54) is 32.1 Å². The van der Waals surface area contributed by atoms with Crippen molar-refractivity contribution in [2.45, 2.75) is 69.9 Å². The van der Waals surface area contributed by atoms with Crippen LogP contribution in [0.4, 0.5) is 0 Å². The highest BCUT2D eigenvalue weighted by Gasteiger charge is 2.34. The van der Waals surface area contributed by atoms with Gasteiger partial charge in [0.25, 0.3) is 0 Å². The second-order valence-electron chi connectivity index (χ2n) is 6.29. The molecule has 3 atom stereocenters. The average Bonchev–Trinajstić information content (AvgIpc) is 2.50. The zero-order chi connectivity index (χ0) is 14.2. The molecule has 2 N–H and O–H groups in total. The summed E-state index contributed by atoms with van der Waals surface area (Å²) >= 11 is 0. The zero-order valence-corrected chi connectivity index (χ0v) is 12.8. The summed E-state index contributed by atoms with van der Waals surface area (Å²) in [5.74, 6) is 1.03. The van der Waals surface area contributed by atoms with Gasteiger partial charge in [0.15, 0.2) is 0 Å². The van der Waals surface area contributed by atoms with E-state index in [1.807, 2.05) is 0 Å². The fourth-order valence-corrected chi connectivity index (χ4v) is 3.58. The van der Waals surface area contributed by atoms with Gasteiger partial charge in [0.05, 0.1) is 6.04 Å². The number of unbranched alkanes of at least 4 members (excludes halogenated alkanes) is 2. The summed E-state index contributed by atoms with van der Waals surface area (Å²) < 4.78 is 5.02. The Bertz CT molecular complexity index is 296. The maximum absolute atomic E-state index is 12.2. The van der Waals surface area contributed by atoms with Crippen LogP contribution in [0.3, 0.4) is 0 Å². The molecule has 2 aliphatic rings. The number of amides is 1. The van der Waals surface area contributed by atoms with Crippen LogP contribution < -0.4 is 10.6 Å². The van der Waals surface area contributed by atoms with E-state index in [-0.39, 0.29) is 11.9 Å². The number of fused-ring (bicyclic) bond motifs is 1. The van der Waals surface area contributed by atoms with E-state index in [9.17, 15) is 4.79 Å². The number of carbonyl (C=O) groups is 1. The van der Waals surface area contributed by atoms with Gasteiger partial charge in [-0.25, -0.2) is 0 Å². The van der Waals surface area contributed by atoms with Gasteiger partial charge in [0, 0.05) is 26.3 Å². The lowest BCUT2D eigenvalue weighted by atomic mass is 9.77. The topological polar surface area (TPSA) is 50.4 Å². The molecule has 1 aliphatic carbocycles. The second kappa shape index (κ2) is 8.63. The van der Waals surface area contributed by atoms with Crippen molar-refractivity contribution < 1.29 is 9.53 Å². The smallest absolute Gasteiger partial charge is 0.237 e. The van der Waals surface area contributed by atoms with Crippen molar-refractivity contribution in [1.29, 1.82) is 0 Å². The first-order valence-corrected chi connectivity index (χ1v) is 8.34. The molecule has 1 saturated heterocycles. The lowest BCUT2D eigenvalue weighted by Gasteiger charge is -2.39. The average molecular weight is 282 g/mol. The minimum atomic E-state index is 0.0494. The molecular weight excluding hydrogens is 252 g/mol. The highest BCUT2D eigenvalue weighted by molar-refractivity contribution is 5.81. The van der Waals surface area contributed by atoms with Crippen LogP contribution in [0.5, 0.6) is 0 Å². The lowest BCUT2D eigenvalue weighted by Crippen LogP contribution is -2.55. The Morgan fingerprint density at radius 1 is 1.15 bits per heavy atom. The first kappa shape index (κ1) is 15.8. The zero-order valence-electron chi connectivity index (χ0n) is 12.8. The van der Waals surface area contributed by atoms with E-state index >= 15 is 0 Å². The number of ether oxygens (including phenoxy) is 1. The van der Waals surface area contributed by atoms with Crippen molar-refractivity contribution >= 4 is 5.91 Å². The molecule has 3 unspecified atom stereocenters. The molecule has 2 fully saturated rings. The number of nitrogens with one attached hydrogen (secondary N) is 2. The Morgan fingerprint density at radius 2 is 2.00 bits per heavy atom. The molecule has 116 valence electrons. The summed E-state index contributed by atoms with van der Waals surface area (Å²) in [6.45, 7) is 1.62. The molecule has 0 aromatic carbocycles. The fraction of sp³-hybridized carbons (Fsp3) is 0.938. The molecule has 20 heavy (non-hydrogen) atoms. The van der Waals surface area contributed by atoms with Gasteiger partial charge in [0.1, 0.15) is 0 Å². The van der Waals surface area contributed by atoms with Crippen LogP contribution in [-0.4, -0.2) is 38.3 Å². The van der Waals surface area contributed by atoms with Crippen LogP contribution in [0, 0.1) is 5.92 Å². The third-order valence-corrected chi connectivity index (χ3v) is 4.79. The third-order valence-electron chi connectivity index (χ3n) is 4.79. The SMILES string of the molecule is COCCCCCNC(=O)C1CCC2CCCCC2N1. The predicted molar refractivity (Wildman–Crippen MR) is 80.6 cm³/mol. The van der Waals surface area contributed by atoms with Crippen molar-refractivity contribution in [3.63, 3.8) is 0 Å². The Morgan fingerprint density at radius 3 is 2.85 bits per heavy atom. The normalized spacial score (nSPS) is 29.8. The van der Waals surface area contributed by atoms with E-state index in [1.54, 1.807) is 7.11 Å². The molecule has 0 aromatic rings. The molecule has 0 spiro atoms. The van der Waals surface area contributed by atoms with E-state index < -0.39 is 0 Å². The Kier molecular flexibility index (Phi) is 6.80. The van der Waals surface area contributed by atoms with Gasteiger partial charge < -0.3 is 15.4 Å². The van der Waals surface area contributed by atoms with Crippen molar-refractivity contribution in [3.8, 4) is 0 Å². The molecule has 4 heteroatoms. The van der Waals surface area contributed by atoms with Crippen LogP contribution in [0.1, 0.15) is 57.8 Å². The van der Waals surface area contributed by atoms with Gasteiger partial charge in [0.2, 0.25) is 5.91 Å². The number of hydrogen-bond donors (Lipinski definition) is 2. The molecule has 1 aliphatic heterocycles. The van der Waals surface area contributed by atoms with Crippen LogP contribution in [0.25, 0.3) is 0 Å². The molecule has 0 aromatic heterocycles. The van der Waals surface area contributed by atoms with Crippen LogP contribution in [0.2, 0.25) is 0 Å². The summed E-state index contributed by atoms with van der Waals surface area (Å²) in [5, 5.41) is 6.67.